The van der Waals surface area contributed by atoms with Crippen LogP contribution in [0.5, 0.6) is 17.2 Å². The summed E-state index contributed by atoms with van der Waals surface area (Å²) in [5, 5.41) is 55.7. The second-order valence-corrected chi connectivity index (χ2v) is 13.6. The van der Waals surface area contributed by atoms with Crippen LogP contribution >= 0.6 is 0 Å². The molecule has 0 saturated carbocycles. The van der Waals surface area contributed by atoms with Gasteiger partial charge >= 0.3 is 0 Å². The zero-order valence-electron chi connectivity index (χ0n) is 27.5. The lowest BCUT2D eigenvalue weighted by Crippen LogP contribution is -2.72. The number of Topliss-reactive ketones (excluding diaryl/α,β-unsaturated/α-hetero) is 2. The molecule has 1 spiro atoms. The number of aliphatic hydroxyl groups excluding tert-OH is 3. The lowest BCUT2D eigenvalue weighted by Gasteiger charge is -2.52. The highest BCUT2D eigenvalue weighted by molar-refractivity contribution is 6.13. The Kier molecular flexibility index (Phi) is 7.12. The first-order valence-corrected chi connectivity index (χ1v) is 16.0. The molecule has 2 aromatic carbocycles. The molecule has 2 bridgehead atoms. The van der Waals surface area contributed by atoms with Gasteiger partial charge in [-0.05, 0) is 32.4 Å². The van der Waals surface area contributed by atoms with Gasteiger partial charge in [-0.15, -0.1) is 0 Å². The number of aliphatic hydroxyl groups is 4. The Hall–Kier alpha value is -3.00. The number of benzene rings is 2. The topological polar surface area (TPSA) is 222 Å². The first kappa shape index (κ1) is 33.2. The number of carbonyl (C=O) groups excluding carboxylic acids is 2. The van der Waals surface area contributed by atoms with E-state index in [1.165, 1.54) is 28.3 Å². The molecule has 0 aromatic heterocycles. The van der Waals surface area contributed by atoms with E-state index in [-0.39, 0.29) is 47.5 Å². The Bertz CT molecular complexity index is 1770. The minimum Gasteiger partial charge on any atom is -0.506 e. The van der Waals surface area contributed by atoms with Gasteiger partial charge in [0.05, 0.1) is 43.0 Å². The van der Waals surface area contributed by atoms with Gasteiger partial charge in [0.2, 0.25) is 11.9 Å². The number of aryl methyl sites for hydroxylation is 1. The number of hydrogen-bond donors (Lipinski definition) is 5. The highest BCUT2D eigenvalue weighted by atomic mass is 16.9. The largest absolute Gasteiger partial charge is 0.506 e. The van der Waals surface area contributed by atoms with E-state index in [0.29, 0.717) is 16.5 Å². The maximum atomic E-state index is 13.3. The van der Waals surface area contributed by atoms with Crippen LogP contribution in [0.4, 0.5) is 0 Å². The van der Waals surface area contributed by atoms with Crippen LogP contribution in [-0.4, -0.2) is 125 Å². The number of phenolic OH excluding ortho intramolecular Hbond substituents is 1. The molecule has 1 aliphatic carbocycles. The van der Waals surface area contributed by atoms with Crippen LogP contribution in [0.3, 0.4) is 0 Å². The van der Waals surface area contributed by atoms with Crippen LogP contribution in [0.2, 0.25) is 0 Å². The molecule has 6 aliphatic rings. The first-order chi connectivity index (χ1) is 23.2. The maximum absolute atomic E-state index is 13.3. The normalized spacial score (nSPS) is 41.6. The molecule has 16 heteroatoms. The van der Waals surface area contributed by atoms with Crippen molar-refractivity contribution in [2.24, 2.45) is 0 Å². The van der Waals surface area contributed by atoms with Gasteiger partial charge in [-0.25, -0.2) is 0 Å². The Labute approximate surface area is 279 Å². The number of epoxide rings is 1. The van der Waals surface area contributed by atoms with Crippen LogP contribution in [0.15, 0.2) is 6.07 Å². The van der Waals surface area contributed by atoms with Gasteiger partial charge in [-0.3, -0.25) is 9.59 Å². The summed E-state index contributed by atoms with van der Waals surface area (Å²) in [6, 6.07) is 1.70. The van der Waals surface area contributed by atoms with Crippen molar-refractivity contribution in [2.75, 3.05) is 27.9 Å². The molecule has 4 saturated heterocycles. The van der Waals surface area contributed by atoms with E-state index in [2.05, 4.69) is 0 Å². The van der Waals surface area contributed by atoms with Crippen molar-refractivity contribution in [3.63, 3.8) is 0 Å². The van der Waals surface area contributed by atoms with Gasteiger partial charge in [0.15, 0.2) is 29.6 Å². The molecular weight excluding hydrogens is 652 g/mol. The van der Waals surface area contributed by atoms with Crippen molar-refractivity contribution in [3.8, 4) is 17.2 Å². The third kappa shape index (κ3) is 3.80. The number of carbonyl (C=O) groups is 2. The fourth-order valence-corrected chi connectivity index (χ4v) is 8.73. The minimum absolute atomic E-state index is 0.00929. The average molecular weight is 691 g/mol. The number of aromatic hydroxyl groups is 1. The van der Waals surface area contributed by atoms with Gasteiger partial charge < -0.3 is 68.2 Å². The Morgan fingerprint density at radius 2 is 1.76 bits per heavy atom. The summed E-state index contributed by atoms with van der Waals surface area (Å²) in [7, 11) is 4.15. The predicted octanol–water partition coefficient (Wildman–Crippen LogP) is 0.319. The van der Waals surface area contributed by atoms with Crippen molar-refractivity contribution in [1.29, 1.82) is 0 Å². The summed E-state index contributed by atoms with van der Waals surface area (Å²) < 4.78 is 56.0. The highest BCUT2D eigenvalue weighted by Gasteiger charge is 2.94. The van der Waals surface area contributed by atoms with E-state index in [9.17, 15) is 35.1 Å². The zero-order valence-corrected chi connectivity index (χ0v) is 27.5. The quantitative estimate of drug-likeness (QED) is 0.195. The summed E-state index contributed by atoms with van der Waals surface area (Å²) in [5.41, 5.74) is -3.05. The third-order valence-corrected chi connectivity index (χ3v) is 11.2. The molecule has 2 aromatic rings. The smallest absolute Gasteiger partial charge is 0.279 e. The molecule has 49 heavy (non-hydrogen) atoms. The molecule has 266 valence electrons. The number of hydrogen-bond acceptors (Lipinski definition) is 16. The number of ether oxygens (including phenoxy) is 9. The zero-order chi connectivity index (χ0) is 35.2. The van der Waals surface area contributed by atoms with Gasteiger partial charge in [0.25, 0.3) is 11.6 Å². The van der Waals surface area contributed by atoms with E-state index in [0.717, 1.165) is 6.92 Å². The van der Waals surface area contributed by atoms with Gasteiger partial charge in [-0.2, -0.15) is 0 Å². The summed E-state index contributed by atoms with van der Waals surface area (Å²) in [4.78, 5) is 25.7. The number of fused-ring (bicyclic) bond motifs is 8. The van der Waals surface area contributed by atoms with E-state index >= 15 is 0 Å². The second kappa shape index (κ2) is 10.5. The minimum atomic E-state index is -2.20. The standard InChI is InChI=1S/C33H38O16/c1-11-7-14-20(24(39)22-21(25(14)41-4)15(35)8-16(36)23(22)38)26-19(11)27-28-32(47-26,30(10-44-30)33(48-27,49-28)29(42-5)43-6)46-18-9-17(37)31(40,12(2)34)13(3)45-18/h7,13,15-18,27-29,35-37,39-40H,8-10H2,1-6H3/t13-,15-,16-,17+,18-,27-,28-,30-,31+,32+,33-/m0/s1. The van der Waals surface area contributed by atoms with E-state index < -0.39 is 89.3 Å². The highest BCUT2D eigenvalue weighted by Crippen LogP contribution is 2.72. The number of methoxy groups -OCH3 is 3. The van der Waals surface area contributed by atoms with Crippen molar-refractivity contribution in [2.45, 2.75) is 106 Å². The van der Waals surface area contributed by atoms with Crippen LogP contribution in [0.25, 0.3) is 10.8 Å². The molecule has 8 rings (SSSR count). The van der Waals surface area contributed by atoms with Crippen LogP contribution < -0.4 is 9.47 Å². The van der Waals surface area contributed by atoms with Crippen molar-refractivity contribution in [3.05, 3.63) is 28.3 Å². The van der Waals surface area contributed by atoms with Crippen molar-refractivity contribution >= 4 is 22.3 Å². The van der Waals surface area contributed by atoms with E-state index in [4.69, 9.17) is 42.6 Å². The first-order valence-electron chi connectivity index (χ1n) is 16.0. The lowest BCUT2D eigenvalue weighted by atomic mass is 9.77. The summed E-state index contributed by atoms with van der Waals surface area (Å²) in [5.74, 6) is -5.67. The summed E-state index contributed by atoms with van der Waals surface area (Å²) >= 11 is 0. The Morgan fingerprint density at radius 1 is 1.06 bits per heavy atom. The lowest BCUT2D eigenvalue weighted by molar-refractivity contribution is -0.385. The molecule has 4 fully saturated rings. The SMILES string of the molecule is COc1c2c(c(O)c3c4c(c(C)cc13)[C@@H]1O[C@@]3(C(OC)OC)O[C@@H]1[C@@](O[C@H]1C[C@@H](O)[C@@](O)(C(C)=O)[C@H](C)O1)(O4)[C@@]31CO1)C(=O)[C@@H](O)C[C@@H]2O. The van der Waals surface area contributed by atoms with Crippen molar-refractivity contribution < 1.29 is 77.8 Å². The van der Waals surface area contributed by atoms with Gasteiger partial charge in [-0.1, -0.05) is 0 Å². The van der Waals surface area contributed by atoms with Gasteiger partial charge in [0.1, 0.15) is 29.5 Å². The molecule has 0 amide bonds. The van der Waals surface area contributed by atoms with Gasteiger partial charge in [0, 0.05) is 43.6 Å². The number of ketones is 2. The molecule has 16 nitrogen and oxygen atoms in total. The summed E-state index contributed by atoms with van der Waals surface area (Å²) in [6.07, 6.45) is -10.9. The predicted molar refractivity (Wildman–Crippen MR) is 160 cm³/mol. The fraction of sp³-hybridized carbons (Fsp3) is 0.636. The van der Waals surface area contributed by atoms with E-state index in [1.54, 1.807) is 13.0 Å². The van der Waals surface area contributed by atoms with Crippen molar-refractivity contribution in [1.82, 2.24) is 0 Å². The van der Waals surface area contributed by atoms with E-state index in [1.807, 2.05) is 0 Å². The molecule has 5 aliphatic heterocycles. The molecule has 5 heterocycles. The second-order valence-electron chi connectivity index (χ2n) is 13.6. The fourth-order valence-electron chi connectivity index (χ4n) is 8.73. The average Bonchev–Trinajstić information content (AvgIpc) is 3.72. The monoisotopic (exact) mass is 690 g/mol. The number of rotatable bonds is 7. The Morgan fingerprint density at radius 3 is 2.35 bits per heavy atom. The number of phenols is 1. The molecule has 0 unspecified atom stereocenters. The van der Waals surface area contributed by atoms with Crippen LogP contribution in [-0.2, 0) is 38.0 Å². The van der Waals surface area contributed by atoms with Crippen LogP contribution in [0.1, 0.15) is 65.9 Å². The molecule has 0 radical (unpaired) electrons. The maximum Gasteiger partial charge on any atom is 0.279 e. The molecule has 11 atom stereocenters. The molecule has 5 N–H and O–H groups in total. The van der Waals surface area contributed by atoms with Crippen LogP contribution in [0, 0.1) is 6.92 Å². The third-order valence-electron chi connectivity index (χ3n) is 11.2. The summed E-state index contributed by atoms with van der Waals surface area (Å²) in [6.45, 7) is 4.30. The molecular formula is C33H38O16. The Balaban J connectivity index is 1.36.